The fourth-order valence-electron chi connectivity index (χ4n) is 1.63. The van der Waals surface area contributed by atoms with Crippen molar-refractivity contribution in [3.63, 3.8) is 0 Å². The molecule has 0 radical (unpaired) electrons. The van der Waals surface area contributed by atoms with Crippen molar-refractivity contribution in [3.8, 4) is 11.3 Å². The molecule has 2 nitrogen and oxygen atoms in total. The van der Waals surface area contributed by atoms with Gasteiger partial charge in [0.05, 0.1) is 5.56 Å². The Labute approximate surface area is 101 Å². The Balaban J connectivity index is 2.60. The second-order valence-corrected chi connectivity index (χ2v) is 3.83. The summed E-state index contributed by atoms with van der Waals surface area (Å²) >= 11 is 0. The second kappa shape index (κ2) is 4.33. The van der Waals surface area contributed by atoms with Gasteiger partial charge in [0.1, 0.15) is 11.5 Å². The van der Waals surface area contributed by atoms with Gasteiger partial charge in [-0.05, 0) is 31.2 Å². The lowest BCUT2D eigenvalue weighted by Crippen LogP contribution is -2.05. The molecule has 2 rings (SSSR count). The highest BCUT2D eigenvalue weighted by atomic mass is 19.4. The highest BCUT2D eigenvalue weighted by Crippen LogP contribution is 2.34. The lowest BCUT2D eigenvalue weighted by molar-refractivity contribution is -0.137. The van der Waals surface area contributed by atoms with Crippen molar-refractivity contribution in [2.75, 3.05) is 0 Å². The van der Waals surface area contributed by atoms with Gasteiger partial charge in [0.25, 0.3) is 0 Å². The van der Waals surface area contributed by atoms with Crippen LogP contribution in [-0.2, 0) is 6.18 Å². The van der Waals surface area contributed by atoms with E-state index in [1.807, 2.05) is 0 Å². The standard InChI is InChI=1S/C13H9F3O2/c1-8-2-5-12(18-8)11-6-10(13(14,15)16)4-3-9(11)7-17/h2-7H,1H3. The molecule has 0 aliphatic carbocycles. The lowest BCUT2D eigenvalue weighted by atomic mass is 10.0. The van der Waals surface area contributed by atoms with Crippen molar-refractivity contribution in [1.29, 1.82) is 0 Å². The van der Waals surface area contributed by atoms with E-state index in [1.165, 1.54) is 6.07 Å². The molecular formula is C13H9F3O2. The Hall–Kier alpha value is -2.04. The van der Waals surface area contributed by atoms with Crippen molar-refractivity contribution >= 4 is 6.29 Å². The predicted molar refractivity (Wildman–Crippen MR) is 59.3 cm³/mol. The first-order valence-corrected chi connectivity index (χ1v) is 5.15. The molecule has 0 N–H and O–H groups in total. The van der Waals surface area contributed by atoms with Crippen LogP contribution in [0.4, 0.5) is 13.2 Å². The zero-order valence-corrected chi connectivity index (χ0v) is 9.41. The molecule has 1 aromatic heterocycles. The van der Waals surface area contributed by atoms with Crippen LogP contribution in [0.25, 0.3) is 11.3 Å². The molecule has 0 atom stereocenters. The van der Waals surface area contributed by atoms with E-state index in [4.69, 9.17) is 4.42 Å². The van der Waals surface area contributed by atoms with Gasteiger partial charge in [-0.1, -0.05) is 6.07 Å². The number of carbonyl (C=O) groups is 1. The number of carbonyl (C=O) groups excluding carboxylic acids is 1. The van der Waals surface area contributed by atoms with Gasteiger partial charge in [0.2, 0.25) is 0 Å². The first-order valence-electron chi connectivity index (χ1n) is 5.15. The Kier molecular flexibility index (Phi) is 2.98. The number of rotatable bonds is 2. The van der Waals surface area contributed by atoms with Crippen LogP contribution in [-0.4, -0.2) is 6.29 Å². The summed E-state index contributed by atoms with van der Waals surface area (Å²) in [7, 11) is 0. The molecular weight excluding hydrogens is 245 g/mol. The Morgan fingerprint density at radius 2 is 1.89 bits per heavy atom. The molecule has 0 spiro atoms. The Morgan fingerprint density at radius 1 is 1.17 bits per heavy atom. The zero-order chi connectivity index (χ0) is 13.3. The summed E-state index contributed by atoms with van der Waals surface area (Å²) in [5.74, 6) is 0.819. The first-order chi connectivity index (χ1) is 8.41. The highest BCUT2D eigenvalue weighted by Gasteiger charge is 2.31. The van der Waals surface area contributed by atoms with Crippen molar-refractivity contribution in [1.82, 2.24) is 0 Å². The van der Waals surface area contributed by atoms with E-state index < -0.39 is 11.7 Å². The number of alkyl halides is 3. The van der Waals surface area contributed by atoms with Gasteiger partial charge in [-0.25, -0.2) is 0 Å². The van der Waals surface area contributed by atoms with Gasteiger partial charge in [0, 0.05) is 11.1 Å². The smallest absolute Gasteiger partial charge is 0.416 e. The van der Waals surface area contributed by atoms with Crippen LogP contribution in [0.3, 0.4) is 0 Å². The van der Waals surface area contributed by atoms with Crippen LogP contribution >= 0.6 is 0 Å². The van der Waals surface area contributed by atoms with E-state index in [2.05, 4.69) is 0 Å². The van der Waals surface area contributed by atoms with Crippen LogP contribution in [0.2, 0.25) is 0 Å². The van der Waals surface area contributed by atoms with E-state index in [1.54, 1.807) is 13.0 Å². The quantitative estimate of drug-likeness (QED) is 0.755. The molecule has 0 amide bonds. The molecule has 5 heteroatoms. The maximum absolute atomic E-state index is 12.6. The van der Waals surface area contributed by atoms with Crippen LogP contribution in [0.5, 0.6) is 0 Å². The van der Waals surface area contributed by atoms with Crippen LogP contribution in [0.15, 0.2) is 34.7 Å². The predicted octanol–water partition coefficient (Wildman–Crippen LogP) is 4.09. The minimum absolute atomic E-state index is 0.146. The Bertz CT molecular complexity index is 582. The molecule has 0 unspecified atom stereocenters. The molecule has 2 aromatic rings. The van der Waals surface area contributed by atoms with Crippen molar-refractivity contribution < 1.29 is 22.4 Å². The summed E-state index contributed by atoms with van der Waals surface area (Å²) in [4.78, 5) is 10.8. The number of benzene rings is 1. The zero-order valence-electron chi connectivity index (χ0n) is 9.41. The Morgan fingerprint density at radius 3 is 2.39 bits per heavy atom. The van der Waals surface area contributed by atoms with Crippen LogP contribution in [0.1, 0.15) is 21.7 Å². The second-order valence-electron chi connectivity index (χ2n) is 3.83. The minimum atomic E-state index is -4.45. The molecule has 0 saturated heterocycles. The average molecular weight is 254 g/mol. The monoisotopic (exact) mass is 254 g/mol. The maximum atomic E-state index is 12.6. The molecule has 94 valence electrons. The summed E-state index contributed by atoms with van der Waals surface area (Å²) in [5, 5.41) is 0. The lowest BCUT2D eigenvalue weighted by Gasteiger charge is -2.09. The molecule has 0 bridgehead atoms. The highest BCUT2D eigenvalue weighted by molar-refractivity contribution is 5.86. The number of aldehydes is 1. The summed E-state index contributed by atoms with van der Waals surface area (Å²) in [6, 6.07) is 6.11. The van der Waals surface area contributed by atoms with Gasteiger partial charge in [-0.2, -0.15) is 13.2 Å². The molecule has 0 fully saturated rings. The molecule has 1 aromatic carbocycles. The summed E-state index contributed by atoms with van der Waals surface area (Å²) in [6.45, 7) is 1.68. The summed E-state index contributed by atoms with van der Waals surface area (Å²) < 4.78 is 43.1. The fraction of sp³-hybridized carbons (Fsp3) is 0.154. The number of furan rings is 1. The third-order valence-corrected chi connectivity index (χ3v) is 2.51. The van der Waals surface area contributed by atoms with Crippen LogP contribution < -0.4 is 0 Å². The average Bonchev–Trinajstić information content (AvgIpc) is 2.73. The SMILES string of the molecule is Cc1ccc(-c2cc(C(F)(F)F)ccc2C=O)o1. The summed E-state index contributed by atoms with van der Waals surface area (Å²) in [6.07, 6.45) is -3.94. The normalized spacial score (nSPS) is 11.6. The van der Waals surface area contributed by atoms with Gasteiger partial charge in [-0.3, -0.25) is 4.79 Å². The minimum Gasteiger partial charge on any atom is -0.461 e. The number of halogens is 3. The molecule has 0 aliphatic heterocycles. The van der Waals surface area contributed by atoms with Gasteiger partial charge in [-0.15, -0.1) is 0 Å². The van der Waals surface area contributed by atoms with Crippen molar-refractivity contribution in [2.45, 2.75) is 13.1 Å². The maximum Gasteiger partial charge on any atom is 0.416 e. The van der Waals surface area contributed by atoms with Gasteiger partial charge >= 0.3 is 6.18 Å². The van der Waals surface area contributed by atoms with E-state index >= 15 is 0 Å². The van der Waals surface area contributed by atoms with Gasteiger partial charge in [0.15, 0.2) is 6.29 Å². The topological polar surface area (TPSA) is 30.2 Å². The number of hydrogen-bond acceptors (Lipinski definition) is 2. The first kappa shape index (κ1) is 12.4. The third kappa shape index (κ3) is 2.30. The third-order valence-electron chi connectivity index (χ3n) is 2.51. The van der Waals surface area contributed by atoms with E-state index in [9.17, 15) is 18.0 Å². The summed E-state index contributed by atoms with van der Waals surface area (Å²) in [5.41, 5.74) is -0.498. The molecule has 0 aliphatic rings. The fourth-order valence-corrected chi connectivity index (χ4v) is 1.63. The molecule has 1 heterocycles. The number of hydrogen-bond donors (Lipinski definition) is 0. The van der Waals surface area contributed by atoms with Gasteiger partial charge < -0.3 is 4.42 Å². The molecule has 18 heavy (non-hydrogen) atoms. The van der Waals surface area contributed by atoms with E-state index in [0.29, 0.717) is 12.0 Å². The van der Waals surface area contributed by atoms with Crippen molar-refractivity contribution in [3.05, 3.63) is 47.2 Å². The van der Waals surface area contributed by atoms with E-state index in [0.717, 1.165) is 18.2 Å². The number of aryl methyl sites for hydroxylation is 1. The van der Waals surface area contributed by atoms with Crippen molar-refractivity contribution in [2.24, 2.45) is 0 Å². The van der Waals surface area contributed by atoms with E-state index in [-0.39, 0.29) is 16.9 Å². The molecule has 0 saturated carbocycles. The largest absolute Gasteiger partial charge is 0.461 e. The van der Waals surface area contributed by atoms with Crippen LogP contribution in [0, 0.1) is 6.92 Å².